The van der Waals surface area contributed by atoms with Gasteiger partial charge in [-0.1, -0.05) is 23.4 Å². The molecule has 0 aliphatic rings. The van der Waals surface area contributed by atoms with Crippen LogP contribution in [0, 0.1) is 0 Å². The topological polar surface area (TPSA) is 52.0 Å². The van der Waals surface area contributed by atoms with Crippen LogP contribution in [0.4, 0.5) is 0 Å². The summed E-state index contributed by atoms with van der Waals surface area (Å²) in [5.41, 5.74) is 2.29. The van der Waals surface area contributed by atoms with Gasteiger partial charge >= 0.3 is 0 Å². The molecule has 0 radical (unpaired) electrons. The van der Waals surface area contributed by atoms with Crippen molar-refractivity contribution in [1.29, 1.82) is 0 Å². The average Bonchev–Trinajstić information content (AvgIpc) is 2.82. The largest absolute Gasteiger partial charge is 0.496 e. The van der Waals surface area contributed by atoms with Crippen LogP contribution in [-0.2, 0) is 20.0 Å². The van der Waals surface area contributed by atoms with Crippen molar-refractivity contribution < 1.29 is 4.74 Å². The number of benzene rings is 1. The quantitative estimate of drug-likeness (QED) is 0.856. The predicted molar refractivity (Wildman–Crippen MR) is 74.0 cm³/mol. The van der Waals surface area contributed by atoms with Crippen LogP contribution >= 0.6 is 0 Å². The van der Waals surface area contributed by atoms with E-state index in [0.29, 0.717) is 6.04 Å². The molecule has 19 heavy (non-hydrogen) atoms. The Morgan fingerprint density at radius 1 is 1.37 bits per heavy atom. The van der Waals surface area contributed by atoms with Crippen LogP contribution in [0.5, 0.6) is 5.75 Å². The van der Waals surface area contributed by atoms with Crippen LogP contribution < -0.4 is 10.1 Å². The summed E-state index contributed by atoms with van der Waals surface area (Å²) < 4.78 is 7.14. The van der Waals surface area contributed by atoms with Gasteiger partial charge in [-0.3, -0.25) is 4.68 Å². The van der Waals surface area contributed by atoms with Crippen LogP contribution in [0.15, 0.2) is 30.5 Å². The van der Waals surface area contributed by atoms with E-state index in [-0.39, 0.29) is 0 Å². The minimum absolute atomic E-state index is 0.353. The maximum atomic E-state index is 5.36. The molecular formula is C14H20N4O. The highest BCUT2D eigenvalue weighted by Gasteiger charge is 2.08. The SMILES string of the molecule is COc1ccccc1CC(C)NCc1cnnn1C. The lowest BCUT2D eigenvalue weighted by Gasteiger charge is -2.15. The lowest BCUT2D eigenvalue weighted by Crippen LogP contribution is -2.28. The van der Waals surface area contributed by atoms with Crippen LogP contribution in [0.1, 0.15) is 18.2 Å². The summed E-state index contributed by atoms with van der Waals surface area (Å²) in [5, 5.41) is 11.2. The third-order valence-corrected chi connectivity index (χ3v) is 3.16. The molecule has 1 heterocycles. The normalized spacial score (nSPS) is 12.4. The van der Waals surface area contributed by atoms with E-state index in [4.69, 9.17) is 4.74 Å². The number of ether oxygens (including phenoxy) is 1. The zero-order valence-corrected chi connectivity index (χ0v) is 11.6. The fourth-order valence-electron chi connectivity index (χ4n) is 2.02. The second-order valence-corrected chi connectivity index (χ2v) is 4.65. The van der Waals surface area contributed by atoms with Gasteiger partial charge < -0.3 is 10.1 Å². The molecule has 5 heteroatoms. The van der Waals surface area contributed by atoms with Gasteiger partial charge in [0.15, 0.2) is 0 Å². The van der Waals surface area contributed by atoms with Crippen molar-refractivity contribution in [2.75, 3.05) is 7.11 Å². The van der Waals surface area contributed by atoms with Gasteiger partial charge in [-0.2, -0.15) is 0 Å². The van der Waals surface area contributed by atoms with Gasteiger partial charge in [0.2, 0.25) is 0 Å². The zero-order chi connectivity index (χ0) is 13.7. The first-order chi connectivity index (χ1) is 9.20. The van der Waals surface area contributed by atoms with Crippen molar-refractivity contribution in [2.24, 2.45) is 7.05 Å². The Morgan fingerprint density at radius 2 is 2.16 bits per heavy atom. The first-order valence-corrected chi connectivity index (χ1v) is 6.39. The van der Waals surface area contributed by atoms with E-state index in [1.165, 1.54) is 5.56 Å². The van der Waals surface area contributed by atoms with E-state index >= 15 is 0 Å². The van der Waals surface area contributed by atoms with Gasteiger partial charge in [-0.15, -0.1) is 5.10 Å². The van der Waals surface area contributed by atoms with Gasteiger partial charge in [-0.25, -0.2) is 0 Å². The zero-order valence-electron chi connectivity index (χ0n) is 11.6. The van der Waals surface area contributed by atoms with E-state index in [0.717, 1.165) is 24.4 Å². The van der Waals surface area contributed by atoms with E-state index < -0.39 is 0 Å². The molecule has 0 spiro atoms. The Labute approximate surface area is 113 Å². The summed E-state index contributed by atoms with van der Waals surface area (Å²) in [6, 6.07) is 8.47. The molecule has 102 valence electrons. The summed E-state index contributed by atoms with van der Waals surface area (Å²) >= 11 is 0. The number of nitrogens with one attached hydrogen (secondary N) is 1. The van der Waals surface area contributed by atoms with Crippen molar-refractivity contribution in [1.82, 2.24) is 20.3 Å². The van der Waals surface area contributed by atoms with E-state index in [1.54, 1.807) is 18.0 Å². The molecule has 0 saturated heterocycles. The predicted octanol–water partition coefficient (Wildman–Crippen LogP) is 1.54. The Balaban J connectivity index is 1.90. The van der Waals surface area contributed by atoms with Crippen LogP contribution in [0.2, 0.25) is 0 Å². The highest BCUT2D eigenvalue weighted by molar-refractivity contribution is 5.33. The molecule has 1 N–H and O–H groups in total. The molecule has 1 aromatic heterocycles. The minimum Gasteiger partial charge on any atom is -0.496 e. The maximum Gasteiger partial charge on any atom is 0.122 e. The molecule has 1 unspecified atom stereocenters. The maximum absolute atomic E-state index is 5.36. The summed E-state index contributed by atoms with van der Waals surface area (Å²) in [7, 11) is 3.60. The molecule has 0 amide bonds. The van der Waals surface area contributed by atoms with Gasteiger partial charge in [-0.05, 0) is 25.0 Å². The highest BCUT2D eigenvalue weighted by Crippen LogP contribution is 2.18. The molecule has 0 aliphatic carbocycles. The molecule has 0 saturated carbocycles. The first-order valence-electron chi connectivity index (χ1n) is 6.39. The molecule has 0 aliphatic heterocycles. The minimum atomic E-state index is 0.353. The summed E-state index contributed by atoms with van der Waals surface area (Å²) in [5.74, 6) is 0.943. The smallest absolute Gasteiger partial charge is 0.122 e. The van der Waals surface area contributed by atoms with Gasteiger partial charge in [0.05, 0.1) is 19.0 Å². The standard InChI is InChI=1S/C14H20N4O/c1-11(15-9-13-10-16-17-18(13)2)8-12-6-4-5-7-14(12)19-3/h4-7,10-11,15H,8-9H2,1-3H3. The number of rotatable bonds is 6. The highest BCUT2D eigenvalue weighted by atomic mass is 16.5. The molecule has 1 aromatic carbocycles. The summed E-state index contributed by atoms with van der Waals surface area (Å²) in [6.45, 7) is 2.93. The van der Waals surface area contributed by atoms with Crippen molar-refractivity contribution in [2.45, 2.75) is 25.9 Å². The molecule has 0 fully saturated rings. The van der Waals surface area contributed by atoms with Crippen LogP contribution in [-0.4, -0.2) is 28.1 Å². The number of methoxy groups -OCH3 is 1. The number of para-hydroxylation sites is 1. The van der Waals surface area contributed by atoms with Crippen molar-refractivity contribution in [3.05, 3.63) is 41.7 Å². The number of hydrogen-bond donors (Lipinski definition) is 1. The molecule has 0 bridgehead atoms. The third kappa shape index (κ3) is 3.54. The number of aromatic nitrogens is 3. The molecule has 1 atom stereocenters. The fourth-order valence-corrected chi connectivity index (χ4v) is 2.02. The van der Waals surface area contributed by atoms with E-state index in [1.807, 2.05) is 25.2 Å². The van der Waals surface area contributed by atoms with E-state index in [9.17, 15) is 0 Å². The third-order valence-electron chi connectivity index (χ3n) is 3.16. The van der Waals surface area contributed by atoms with Crippen molar-refractivity contribution in [3.63, 3.8) is 0 Å². The second-order valence-electron chi connectivity index (χ2n) is 4.65. The Morgan fingerprint density at radius 3 is 2.84 bits per heavy atom. The average molecular weight is 260 g/mol. The van der Waals surface area contributed by atoms with Gasteiger partial charge in [0, 0.05) is 19.6 Å². The van der Waals surface area contributed by atoms with Crippen LogP contribution in [0.25, 0.3) is 0 Å². The van der Waals surface area contributed by atoms with Gasteiger partial charge in [0.1, 0.15) is 5.75 Å². The summed E-state index contributed by atoms with van der Waals surface area (Å²) in [6.07, 6.45) is 2.71. The molecule has 2 rings (SSSR count). The van der Waals surface area contributed by atoms with Crippen molar-refractivity contribution in [3.8, 4) is 5.75 Å². The van der Waals surface area contributed by atoms with Crippen LogP contribution in [0.3, 0.4) is 0 Å². The first kappa shape index (κ1) is 13.5. The lowest BCUT2D eigenvalue weighted by molar-refractivity contribution is 0.405. The summed E-state index contributed by atoms with van der Waals surface area (Å²) in [4.78, 5) is 0. The Bertz CT molecular complexity index is 524. The second kappa shape index (κ2) is 6.33. The molecular weight excluding hydrogens is 240 g/mol. The van der Waals surface area contributed by atoms with Crippen molar-refractivity contribution >= 4 is 0 Å². The number of hydrogen-bond acceptors (Lipinski definition) is 4. The Kier molecular flexibility index (Phi) is 4.52. The number of nitrogens with zero attached hydrogens (tertiary/aromatic N) is 3. The number of aryl methyl sites for hydroxylation is 1. The fraction of sp³-hybridized carbons (Fsp3) is 0.429. The van der Waals surface area contributed by atoms with E-state index in [2.05, 4.69) is 28.6 Å². The molecule has 2 aromatic rings. The monoisotopic (exact) mass is 260 g/mol. The van der Waals surface area contributed by atoms with Gasteiger partial charge in [0.25, 0.3) is 0 Å². The lowest BCUT2D eigenvalue weighted by atomic mass is 10.1. The molecule has 5 nitrogen and oxygen atoms in total. The Hall–Kier alpha value is -1.88.